The average molecular weight is 308 g/mol. The molecule has 1 saturated heterocycles. The first-order valence-electron chi connectivity index (χ1n) is 7.11. The molecule has 20 heavy (non-hydrogen) atoms. The van der Waals surface area contributed by atoms with Gasteiger partial charge in [-0.25, -0.2) is 4.98 Å². The van der Waals surface area contributed by atoms with E-state index in [-0.39, 0.29) is 0 Å². The van der Waals surface area contributed by atoms with E-state index in [1.54, 1.807) is 11.3 Å². The summed E-state index contributed by atoms with van der Waals surface area (Å²) in [5.74, 6) is 1.41. The van der Waals surface area contributed by atoms with Crippen LogP contribution in [0.15, 0.2) is 5.38 Å². The van der Waals surface area contributed by atoms with Crippen LogP contribution in [0.3, 0.4) is 0 Å². The maximum atomic E-state index is 6.10. The van der Waals surface area contributed by atoms with Gasteiger partial charge >= 0.3 is 0 Å². The van der Waals surface area contributed by atoms with Crippen LogP contribution in [0, 0.1) is 12.8 Å². The summed E-state index contributed by atoms with van der Waals surface area (Å²) in [6.45, 7) is 6.52. The molecule has 0 aliphatic carbocycles. The van der Waals surface area contributed by atoms with E-state index in [1.165, 1.54) is 35.8 Å². The number of hydrogen-bond donors (Lipinski definition) is 1. The number of nitrogens with zero attached hydrogens (tertiary/aromatic N) is 3. The third kappa shape index (κ3) is 2.54. The quantitative estimate of drug-likeness (QED) is 0.937. The highest BCUT2D eigenvalue weighted by Crippen LogP contribution is 2.42. The topological polar surface area (TPSA) is 55.0 Å². The van der Waals surface area contributed by atoms with Crippen LogP contribution in [-0.4, -0.2) is 22.4 Å². The molecule has 0 radical (unpaired) electrons. The van der Waals surface area contributed by atoms with Crippen LogP contribution in [0.4, 0.5) is 10.8 Å². The summed E-state index contributed by atoms with van der Waals surface area (Å²) in [5.41, 5.74) is 8.19. The molecule has 0 amide bonds. The molecule has 2 N–H and O–H groups in total. The SMILES string of the molecule is CCC1CCCN(c2snc(N)c2-c2nc(C)cs2)C1. The van der Waals surface area contributed by atoms with E-state index < -0.39 is 0 Å². The van der Waals surface area contributed by atoms with E-state index >= 15 is 0 Å². The first-order valence-corrected chi connectivity index (χ1v) is 8.77. The molecular formula is C14H20N4S2. The molecule has 1 atom stereocenters. The normalized spacial score (nSPS) is 19.5. The number of nitrogen functional groups attached to an aromatic ring is 1. The van der Waals surface area contributed by atoms with Crippen LogP contribution >= 0.6 is 22.9 Å². The Morgan fingerprint density at radius 3 is 3.05 bits per heavy atom. The second-order valence-electron chi connectivity index (χ2n) is 5.40. The smallest absolute Gasteiger partial charge is 0.149 e. The monoisotopic (exact) mass is 308 g/mol. The number of piperidine rings is 1. The van der Waals surface area contributed by atoms with Crippen LogP contribution in [0.5, 0.6) is 0 Å². The van der Waals surface area contributed by atoms with Crippen molar-refractivity contribution in [3.05, 3.63) is 11.1 Å². The zero-order valence-electron chi connectivity index (χ0n) is 11.9. The molecule has 0 saturated carbocycles. The standard InChI is InChI=1S/C14H20N4S2/c1-3-10-5-4-6-18(7-10)14-11(12(15)17-20-14)13-16-9(2)8-19-13/h8,10H,3-7H2,1-2H3,(H2,15,17). The summed E-state index contributed by atoms with van der Waals surface area (Å²) in [6.07, 6.45) is 3.84. The van der Waals surface area contributed by atoms with Crippen molar-refractivity contribution in [2.45, 2.75) is 33.1 Å². The van der Waals surface area contributed by atoms with Gasteiger partial charge in [0.2, 0.25) is 0 Å². The highest BCUT2D eigenvalue weighted by Gasteiger charge is 2.25. The number of thiazole rings is 1. The Labute approximate surface area is 127 Å². The van der Waals surface area contributed by atoms with Gasteiger partial charge < -0.3 is 10.6 Å². The van der Waals surface area contributed by atoms with E-state index in [0.717, 1.165) is 35.3 Å². The maximum Gasteiger partial charge on any atom is 0.149 e. The van der Waals surface area contributed by atoms with Crippen LogP contribution in [0.2, 0.25) is 0 Å². The van der Waals surface area contributed by atoms with Crippen LogP contribution in [-0.2, 0) is 0 Å². The minimum Gasteiger partial charge on any atom is -0.382 e. The van der Waals surface area contributed by atoms with Gasteiger partial charge in [0.05, 0.1) is 5.56 Å². The second kappa shape index (κ2) is 5.69. The summed E-state index contributed by atoms with van der Waals surface area (Å²) in [4.78, 5) is 7.04. The zero-order valence-corrected chi connectivity index (χ0v) is 13.6. The molecule has 3 rings (SSSR count). The molecule has 0 spiro atoms. The Morgan fingerprint density at radius 2 is 2.35 bits per heavy atom. The number of aromatic nitrogens is 2. The molecule has 1 fully saturated rings. The van der Waals surface area contributed by atoms with Crippen molar-refractivity contribution in [2.75, 3.05) is 23.7 Å². The summed E-state index contributed by atoms with van der Waals surface area (Å²) in [6, 6.07) is 0. The van der Waals surface area contributed by atoms with E-state index in [2.05, 4.69) is 26.6 Å². The van der Waals surface area contributed by atoms with Crippen molar-refractivity contribution < 1.29 is 0 Å². The van der Waals surface area contributed by atoms with Gasteiger partial charge in [0.15, 0.2) is 0 Å². The summed E-state index contributed by atoms with van der Waals surface area (Å²) < 4.78 is 4.37. The predicted molar refractivity (Wildman–Crippen MR) is 87.6 cm³/mol. The number of nitrogens with two attached hydrogens (primary N) is 1. The lowest BCUT2D eigenvalue weighted by atomic mass is 9.96. The first kappa shape index (κ1) is 13.8. The summed E-state index contributed by atoms with van der Waals surface area (Å²) in [5, 5.41) is 4.28. The van der Waals surface area contributed by atoms with Crippen molar-refractivity contribution in [1.82, 2.24) is 9.36 Å². The molecule has 0 aromatic carbocycles. The molecule has 1 aliphatic heterocycles. The minimum absolute atomic E-state index is 0.623. The Bertz CT molecular complexity index is 590. The third-order valence-electron chi connectivity index (χ3n) is 3.92. The molecule has 1 unspecified atom stereocenters. The first-order chi connectivity index (χ1) is 9.69. The van der Waals surface area contributed by atoms with E-state index in [4.69, 9.17) is 5.73 Å². The van der Waals surface area contributed by atoms with Gasteiger partial charge in [0.25, 0.3) is 0 Å². The summed E-state index contributed by atoms with van der Waals surface area (Å²) in [7, 11) is 0. The predicted octanol–water partition coefficient (Wildman–Crippen LogP) is 3.78. The van der Waals surface area contributed by atoms with Crippen LogP contribution in [0.25, 0.3) is 10.6 Å². The molecule has 108 valence electrons. The molecular weight excluding hydrogens is 288 g/mol. The van der Waals surface area contributed by atoms with Gasteiger partial charge in [-0.1, -0.05) is 13.3 Å². The number of hydrogen-bond acceptors (Lipinski definition) is 6. The maximum absolute atomic E-state index is 6.10. The Hall–Kier alpha value is -1.14. The van der Waals surface area contributed by atoms with E-state index in [1.807, 2.05) is 6.92 Å². The van der Waals surface area contributed by atoms with Crippen molar-refractivity contribution >= 4 is 33.7 Å². The molecule has 6 heteroatoms. The van der Waals surface area contributed by atoms with Gasteiger partial charge in [0, 0.05) is 24.2 Å². The van der Waals surface area contributed by atoms with Gasteiger partial charge in [0.1, 0.15) is 15.8 Å². The van der Waals surface area contributed by atoms with Gasteiger partial charge in [-0.2, -0.15) is 4.37 Å². The van der Waals surface area contributed by atoms with Gasteiger partial charge in [-0.3, -0.25) is 0 Å². The Morgan fingerprint density at radius 1 is 1.50 bits per heavy atom. The van der Waals surface area contributed by atoms with Crippen molar-refractivity contribution in [2.24, 2.45) is 5.92 Å². The number of anilines is 2. The van der Waals surface area contributed by atoms with Crippen LogP contribution < -0.4 is 10.6 Å². The fourth-order valence-electron chi connectivity index (χ4n) is 2.76. The molecule has 2 aromatic rings. The number of rotatable bonds is 3. The van der Waals surface area contributed by atoms with Gasteiger partial charge in [-0.05, 0) is 37.2 Å². The molecule has 4 nitrogen and oxygen atoms in total. The van der Waals surface area contributed by atoms with Crippen LogP contribution in [0.1, 0.15) is 31.9 Å². The highest BCUT2D eigenvalue weighted by molar-refractivity contribution is 7.15. The summed E-state index contributed by atoms with van der Waals surface area (Å²) >= 11 is 3.17. The van der Waals surface area contributed by atoms with E-state index in [0.29, 0.717) is 5.82 Å². The lowest BCUT2D eigenvalue weighted by Crippen LogP contribution is -2.34. The Kier molecular flexibility index (Phi) is 3.94. The average Bonchev–Trinajstić information content (AvgIpc) is 3.04. The Balaban J connectivity index is 1.94. The minimum atomic E-state index is 0.623. The van der Waals surface area contributed by atoms with Gasteiger partial charge in [-0.15, -0.1) is 11.3 Å². The third-order valence-corrected chi connectivity index (χ3v) is 5.82. The van der Waals surface area contributed by atoms with Crippen molar-refractivity contribution in [3.63, 3.8) is 0 Å². The fraction of sp³-hybridized carbons (Fsp3) is 0.571. The van der Waals surface area contributed by atoms with Crippen molar-refractivity contribution in [1.29, 1.82) is 0 Å². The molecule has 3 heterocycles. The molecule has 2 aromatic heterocycles. The lowest BCUT2D eigenvalue weighted by molar-refractivity contribution is 0.406. The largest absolute Gasteiger partial charge is 0.382 e. The fourth-order valence-corrected chi connectivity index (χ4v) is 4.53. The van der Waals surface area contributed by atoms with Crippen molar-refractivity contribution in [3.8, 4) is 10.6 Å². The second-order valence-corrected chi connectivity index (χ2v) is 7.01. The number of aryl methyl sites for hydroxylation is 1. The molecule has 0 bridgehead atoms. The lowest BCUT2D eigenvalue weighted by Gasteiger charge is -2.33. The van der Waals surface area contributed by atoms with E-state index in [9.17, 15) is 0 Å². The zero-order chi connectivity index (χ0) is 14.1. The highest BCUT2D eigenvalue weighted by atomic mass is 32.1. The molecule has 1 aliphatic rings.